The van der Waals surface area contributed by atoms with Gasteiger partial charge in [-0.2, -0.15) is 0 Å². The van der Waals surface area contributed by atoms with Crippen LogP contribution in [0.2, 0.25) is 0 Å². The zero-order chi connectivity index (χ0) is 29.0. The molecular formula is C41H32N2. The molecule has 0 amide bonds. The molecule has 0 saturated heterocycles. The van der Waals surface area contributed by atoms with Gasteiger partial charge in [-0.05, 0) is 69.8 Å². The van der Waals surface area contributed by atoms with Crippen molar-refractivity contribution >= 4 is 33.1 Å². The minimum atomic E-state index is -0.310. The van der Waals surface area contributed by atoms with Crippen molar-refractivity contribution in [3.8, 4) is 22.3 Å². The molecule has 2 nitrogen and oxygen atoms in total. The highest BCUT2D eigenvalue weighted by Crippen LogP contribution is 2.45. The third kappa shape index (κ3) is 4.13. The molecule has 6 aromatic carbocycles. The molecule has 2 heteroatoms. The van der Waals surface area contributed by atoms with Gasteiger partial charge >= 0.3 is 0 Å². The molecule has 0 N–H and O–H groups in total. The summed E-state index contributed by atoms with van der Waals surface area (Å²) in [6.07, 6.45) is 8.77. The van der Waals surface area contributed by atoms with Crippen LogP contribution in [-0.2, 0) is 0 Å². The Morgan fingerprint density at radius 2 is 1.16 bits per heavy atom. The fraction of sp³-hybridized carbons (Fsp3) is 0.0976. The molecule has 0 saturated carbocycles. The molecule has 0 fully saturated rings. The molecule has 2 aliphatic rings. The lowest BCUT2D eigenvalue weighted by Crippen LogP contribution is -2.44. The summed E-state index contributed by atoms with van der Waals surface area (Å²) in [5, 5.41) is 5.11. The lowest BCUT2D eigenvalue weighted by Gasteiger charge is -2.33. The molecule has 0 radical (unpaired) electrons. The summed E-state index contributed by atoms with van der Waals surface area (Å²) < 4.78 is 0. The minimum Gasteiger partial charge on any atom is -0.316 e. The number of allylic oxidation sites excluding steroid dienone is 2. The van der Waals surface area contributed by atoms with Gasteiger partial charge in [-0.15, -0.1) is 0 Å². The van der Waals surface area contributed by atoms with E-state index < -0.39 is 0 Å². The summed E-state index contributed by atoms with van der Waals surface area (Å²) in [6.45, 7) is 4.41. The minimum absolute atomic E-state index is 0.119. The molecule has 43 heavy (non-hydrogen) atoms. The number of aryl methyl sites for hydroxylation is 1. The Bertz CT molecular complexity index is 2090. The van der Waals surface area contributed by atoms with Gasteiger partial charge in [0.15, 0.2) is 0 Å². The molecule has 1 unspecified atom stereocenters. The van der Waals surface area contributed by atoms with Crippen molar-refractivity contribution in [3.63, 3.8) is 0 Å². The second kappa shape index (κ2) is 9.96. The van der Waals surface area contributed by atoms with E-state index in [9.17, 15) is 0 Å². The average Bonchev–Trinajstić information content (AvgIpc) is 3.37. The Kier molecular flexibility index (Phi) is 5.90. The number of fused-ring (bicyclic) bond motifs is 3. The van der Waals surface area contributed by atoms with Crippen LogP contribution in [0.15, 0.2) is 157 Å². The quantitative estimate of drug-likeness (QED) is 0.199. The van der Waals surface area contributed by atoms with E-state index in [4.69, 9.17) is 4.99 Å². The molecule has 1 heterocycles. The van der Waals surface area contributed by atoms with Crippen LogP contribution in [0.4, 0.5) is 5.69 Å². The first-order valence-corrected chi connectivity index (χ1v) is 15.0. The topological polar surface area (TPSA) is 15.6 Å². The summed E-state index contributed by atoms with van der Waals surface area (Å²) in [6, 6.07) is 46.3. The van der Waals surface area contributed by atoms with Crippen LogP contribution in [-0.4, -0.2) is 17.4 Å². The number of nitrogens with zero attached hydrogens (tertiary/aromatic N) is 2. The Balaban J connectivity index is 1.31. The maximum atomic E-state index is 5.29. The standard InChI is InChI=1S/C41H32N2/c1-28-20-25-35-36(27-28)39(34-18-10-9-17-33(34)38(35)29-13-5-3-6-14-29)30-21-23-32(24-22-30)43-37-19-11-12-26-41(37,2)42-40(43)31-15-7-4-8-16-31/h3-27,37H,1-2H3/t37?,41-/m1/s1. The number of hydrogen-bond acceptors (Lipinski definition) is 2. The van der Waals surface area contributed by atoms with Crippen molar-refractivity contribution in [2.45, 2.75) is 25.4 Å². The van der Waals surface area contributed by atoms with Crippen molar-refractivity contribution in [1.82, 2.24) is 0 Å². The first-order valence-electron chi connectivity index (χ1n) is 15.0. The van der Waals surface area contributed by atoms with Crippen molar-refractivity contribution in [2.75, 3.05) is 4.90 Å². The normalized spacial score (nSPS) is 19.2. The van der Waals surface area contributed by atoms with Gasteiger partial charge in [0.25, 0.3) is 0 Å². The third-order valence-electron chi connectivity index (χ3n) is 9.00. The highest BCUT2D eigenvalue weighted by molar-refractivity contribution is 6.21. The zero-order valence-electron chi connectivity index (χ0n) is 24.4. The van der Waals surface area contributed by atoms with E-state index in [0.717, 1.165) is 17.1 Å². The van der Waals surface area contributed by atoms with Crippen LogP contribution in [0.5, 0.6) is 0 Å². The number of amidine groups is 1. The average molecular weight is 553 g/mol. The van der Waals surface area contributed by atoms with Crippen LogP contribution in [0.3, 0.4) is 0 Å². The zero-order valence-corrected chi connectivity index (χ0v) is 24.4. The summed E-state index contributed by atoms with van der Waals surface area (Å²) >= 11 is 0. The molecule has 1 aliphatic carbocycles. The fourth-order valence-electron chi connectivity index (χ4n) is 6.96. The number of rotatable bonds is 4. The molecule has 0 spiro atoms. The third-order valence-corrected chi connectivity index (χ3v) is 9.00. The molecular weight excluding hydrogens is 520 g/mol. The Labute approximate surface area is 253 Å². The molecule has 0 aromatic heterocycles. The number of benzene rings is 6. The predicted molar refractivity (Wildman–Crippen MR) is 183 cm³/mol. The second-order valence-electron chi connectivity index (χ2n) is 11.8. The first kappa shape index (κ1) is 25.5. The SMILES string of the molecule is Cc1ccc2c(-c3ccccc3)c3ccccc3c(-c3ccc(N4C(c5ccccc5)=N[C@]5(C)C=CC=CC45)cc3)c2c1. The van der Waals surface area contributed by atoms with E-state index in [1.165, 1.54) is 49.4 Å². The first-order chi connectivity index (χ1) is 21.1. The Morgan fingerprint density at radius 1 is 0.581 bits per heavy atom. The highest BCUT2D eigenvalue weighted by atomic mass is 15.3. The molecule has 206 valence electrons. The molecule has 6 aromatic rings. The summed E-state index contributed by atoms with van der Waals surface area (Å²) in [5.74, 6) is 1.01. The van der Waals surface area contributed by atoms with Gasteiger partial charge in [0, 0.05) is 11.3 Å². The van der Waals surface area contributed by atoms with E-state index in [2.05, 4.69) is 170 Å². The van der Waals surface area contributed by atoms with Crippen molar-refractivity contribution < 1.29 is 0 Å². The lowest BCUT2D eigenvalue weighted by molar-refractivity contribution is 0.549. The van der Waals surface area contributed by atoms with E-state index in [-0.39, 0.29) is 11.6 Å². The van der Waals surface area contributed by atoms with Gasteiger partial charge in [-0.1, -0.05) is 145 Å². The van der Waals surface area contributed by atoms with Crippen LogP contribution in [0.25, 0.3) is 43.8 Å². The maximum Gasteiger partial charge on any atom is 0.137 e. The molecule has 2 atom stereocenters. The van der Waals surface area contributed by atoms with E-state index >= 15 is 0 Å². The van der Waals surface area contributed by atoms with Crippen LogP contribution in [0, 0.1) is 6.92 Å². The second-order valence-corrected chi connectivity index (χ2v) is 11.8. The Morgan fingerprint density at radius 3 is 1.86 bits per heavy atom. The van der Waals surface area contributed by atoms with Crippen LogP contribution < -0.4 is 4.90 Å². The number of anilines is 1. The van der Waals surface area contributed by atoms with Crippen molar-refractivity contribution in [1.29, 1.82) is 0 Å². The predicted octanol–water partition coefficient (Wildman–Crippen LogP) is 10.2. The number of hydrogen-bond donors (Lipinski definition) is 0. The van der Waals surface area contributed by atoms with E-state index in [0.29, 0.717) is 0 Å². The smallest absolute Gasteiger partial charge is 0.137 e. The van der Waals surface area contributed by atoms with Gasteiger partial charge in [0.2, 0.25) is 0 Å². The summed E-state index contributed by atoms with van der Waals surface area (Å²) in [5.41, 5.74) is 8.27. The number of aliphatic imine (C=N–C) groups is 1. The molecule has 1 aliphatic heterocycles. The van der Waals surface area contributed by atoms with E-state index in [1.807, 2.05) is 0 Å². The van der Waals surface area contributed by atoms with Gasteiger partial charge in [-0.3, -0.25) is 4.99 Å². The van der Waals surface area contributed by atoms with Crippen LogP contribution in [0.1, 0.15) is 18.1 Å². The monoisotopic (exact) mass is 552 g/mol. The largest absolute Gasteiger partial charge is 0.316 e. The molecule has 0 bridgehead atoms. The summed E-state index contributed by atoms with van der Waals surface area (Å²) in [4.78, 5) is 7.69. The Hall–Kier alpha value is -5.21. The van der Waals surface area contributed by atoms with Gasteiger partial charge in [-0.25, -0.2) is 0 Å². The fourth-order valence-corrected chi connectivity index (χ4v) is 6.96. The lowest BCUT2D eigenvalue weighted by atomic mass is 9.85. The summed E-state index contributed by atoms with van der Waals surface area (Å²) in [7, 11) is 0. The molecule has 8 rings (SSSR count). The van der Waals surface area contributed by atoms with E-state index in [1.54, 1.807) is 0 Å². The van der Waals surface area contributed by atoms with Gasteiger partial charge in [0.1, 0.15) is 11.4 Å². The van der Waals surface area contributed by atoms with Crippen LogP contribution >= 0.6 is 0 Å². The highest BCUT2D eigenvalue weighted by Gasteiger charge is 2.44. The van der Waals surface area contributed by atoms with Crippen molar-refractivity contribution in [3.05, 3.63) is 163 Å². The van der Waals surface area contributed by atoms with Gasteiger partial charge in [0.05, 0.1) is 6.04 Å². The van der Waals surface area contributed by atoms with Crippen molar-refractivity contribution in [2.24, 2.45) is 4.99 Å². The van der Waals surface area contributed by atoms with Gasteiger partial charge < -0.3 is 4.90 Å². The maximum absolute atomic E-state index is 5.29.